The van der Waals surface area contributed by atoms with E-state index >= 15 is 4.39 Å². The molecule has 0 aliphatic heterocycles. The van der Waals surface area contributed by atoms with E-state index in [1.807, 2.05) is 58.2 Å². The van der Waals surface area contributed by atoms with Crippen molar-refractivity contribution in [2.24, 2.45) is 23.2 Å². The van der Waals surface area contributed by atoms with Crippen molar-refractivity contribution in [3.8, 4) is 11.3 Å². The van der Waals surface area contributed by atoms with Gasteiger partial charge in [-0.25, -0.2) is 13.8 Å². The van der Waals surface area contributed by atoms with E-state index in [1.54, 1.807) is 24.6 Å². The van der Waals surface area contributed by atoms with Gasteiger partial charge in [-0.2, -0.15) is 0 Å². The minimum absolute atomic E-state index is 0.0976. The maximum absolute atomic E-state index is 15.1. The third-order valence-corrected chi connectivity index (χ3v) is 10.9. The quantitative estimate of drug-likeness (QED) is 0.0681. The van der Waals surface area contributed by atoms with Crippen molar-refractivity contribution < 1.29 is 47.8 Å². The molecule has 3 amide bonds. The van der Waals surface area contributed by atoms with E-state index in [-0.39, 0.29) is 60.6 Å². The second-order valence-electron chi connectivity index (χ2n) is 17.3. The number of rotatable bonds is 25. The number of aromatic nitrogens is 2. The van der Waals surface area contributed by atoms with Gasteiger partial charge in [-0.15, -0.1) is 0 Å². The summed E-state index contributed by atoms with van der Waals surface area (Å²) in [6.45, 7) is 11.6. The number of benzene rings is 2. The highest BCUT2D eigenvalue weighted by Gasteiger charge is 2.39. The predicted molar refractivity (Wildman–Crippen MR) is 230 cm³/mol. The summed E-state index contributed by atoms with van der Waals surface area (Å²) >= 11 is 0. The lowest BCUT2D eigenvalue weighted by Gasteiger charge is -2.40. The lowest BCUT2D eigenvalue weighted by atomic mass is 9.84. The first-order chi connectivity index (χ1) is 29.2. The Balaban J connectivity index is 1.87. The zero-order valence-corrected chi connectivity index (χ0v) is 37.2. The fourth-order valence-corrected chi connectivity index (χ4v) is 7.49. The van der Waals surface area contributed by atoms with E-state index in [9.17, 15) is 43.4 Å². The van der Waals surface area contributed by atoms with Gasteiger partial charge >= 0.3 is 5.97 Å². The fourth-order valence-electron chi connectivity index (χ4n) is 7.49. The summed E-state index contributed by atoms with van der Waals surface area (Å²) in [5.74, 6) is -7.48. The maximum atomic E-state index is 15.1. The van der Waals surface area contributed by atoms with E-state index in [0.29, 0.717) is 12.8 Å². The van der Waals surface area contributed by atoms with Crippen molar-refractivity contribution in [1.82, 2.24) is 30.4 Å². The monoisotopic (exact) mass is 866 g/mol. The van der Waals surface area contributed by atoms with Gasteiger partial charge in [0.15, 0.2) is 11.6 Å². The smallest absolute Gasteiger partial charge is 0.307 e. The van der Waals surface area contributed by atoms with E-state index in [2.05, 4.69) is 16.0 Å². The van der Waals surface area contributed by atoms with Crippen molar-refractivity contribution in [1.29, 1.82) is 0 Å². The molecule has 0 saturated carbocycles. The third-order valence-electron chi connectivity index (χ3n) is 10.9. The number of aliphatic hydroxyl groups is 1. The molecule has 0 saturated heterocycles. The van der Waals surface area contributed by atoms with Gasteiger partial charge in [0, 0.05) is 50.5 Å². The van der Waals surface area contributed by atoms with Crippen LogP contribution >= 0.6 is 0 Å². The van der Waals surface area contributed by atoms with Crippen molar-refractivity contribution in [2.75, 3.05) is 26.7 Å². The molecule has 5 atom stereocenters. The number of aliphatic carboxylic acids is 1. The Bertz CT molecular complexity index is 2000. The Hall–Kier alpha value is -5.35. The van der Waals surface area contributed by atoms with Crippen molar-refractivity contribution in [3.63, 3.8) is 0 Å². The number of ketones is 2. The standard InChI is InChI=1S/C46H64F2N6O8/c1-28(2)34(24-40(58)37(51-30(4)56)16-12-13-20-49-8)44(60)50-29(3)39(57)22-32(45(61)62)19-21-54(41(59)27-55)42(46(5,6)7)43-52-38(35-23-33(47)17-18-36(35)48)26-53(43)25-31-14-10-9-11-15-31/h9-11,14-15,17-18,23,26,28-29,32,34,37,42,49,55H,12-13,16,19-22,24-25,27H2,1-8H3,(H,50,60)(H,51,56)(H,61,62)/t29-,32+,34-,37-,42-/m0/s1. The van der Waals surface area contributed by atoms with Crippen LogP contribution in [-0.4, -0.2) is 98.7 Å². The number of imidazole rings is 1. The predicted octanol–water partition coefficient (Wildman–Crippen LogP) is 5.47. The Morgan fingerprint density at radius 3 is 2.16 bits per heavy atom. The molecule has 0 radical (unpaired) electrons. The SMILES string of the molecule is CNCCCC[C@H](NC(C)=O)C(=O)C[C@H](C(=O)N[C@@H](C)C(=O)C[C@@H](CCN(C(=O)CO)[C@@H](c1nc(-c2cc(F)ccc2F)cn1Cc1ccccc1)C(C)(C)C)C(=O)O)C(C)C. The molecule has 14 nitrogen and oxygen atoms in total. The molecule has 0 bridgehead atoms. The number of Topliss-reactive ketones (excluding diaryl/α,β-unsaturated/α-hetero) is 2. The molecule has 1 heterocycles. The Labute approximate surface area is 363 Å². The highest BCUT2D eigenvalue weighted by Crippen LogP contribution is 2.40. The van der Waals surface area contributed by atoms with Crippen molar-refractivity contribution in [3.05, 3.63) is 77.8 Å². The summed E-state index contributed by atoms with van der Waals surface area (Å²) in [6, 6.07) is 9.43. The number of halogens is 2. The molecule has 0 unspecified atom stereocenters. The zero-order chi connectivity index (χ0) is 46.3. The molecule has 3 aromatic rings. The fraction of sp³-hybridized carbons (Fsp3) is 0.543. The molecule has 62 heavy (non-hydrogen) atoms. The van der Waals surface area contributed by atoms with Gasteiger partial charge in [0.1, 0.15) is 24.1 Å². The van der Waals surface area contributed by atoms with Crippen LogP contribution in [0.25, 0.3) is 11.3 Å². The molecule has 340 valence electrons. The number of carbonyl (C=O) groups is 6. The molecule has 0 fully saturated rings. The summed E-state index contributed by atoms with van der Waals surface area (Å²) in [5, 5.41) is 28.9. The topological polar surface area (TPSA) is 200 Å². The number of nitrogens with one attached hydrogen (secondary N) is 3. The summed E-state index contributed by atoms with van der Waals surface area (Å²) in [5.41, 5.74) is 0.0128. The lowest BCUT2D eigenvalue weighted by Crippen LogP contribution is -2.47. The minimum Gasteiger partial charge on any atom is -0.481 e. The first-order valence-electron chi connectivity index (χ1n) is 21.1. The van der Waals surface area contributed by atoms with Crippen LogP contribution in [0, 0.1) is 34.8 Å². The number of carboxylic acid groups (broad SMARTS) is 1. The Morgan fingerprint density at radius 1 is 0.903 bits per heavy atom. The van der Waals surface area contributed by atoms with Crippen LogP contribution in [0.3, 0.4) is 0 Å². The van der Waals surface area contributed by atoms with Crippen LogP contribution < -0.4 is 16.0 Å². The molecule has 0 spiro atoms. The molecular weight excluding hydrogens is 803 g/mol. The van der Waals surface area contributed by atoms with Crippen LogP contribution in [0.15, 0.2) is 54.7 Å². The highest BCUT2D eigenvalue weighted by atomic mass is 19.1. The highest BCUT2D eigenvalue weighted by molar-refractivity contribution is 5.95. The van der Waals surface area contributed by atoms with Crippen molar-refractivity contribution in [2.45, 2.75) is 112 Å². The van der Waals surface area contributed by atoms with Crippen LogP contribution in [0.4, 0.5) is 8.78 Å². The number of hydrogen-bond donors (Lipinski definition) is 5. The zero-order valence-electron chi connectivity index (χ0n) is 37.2. The normalized spacial score (nSPS) is 14.1. The van der Waals surface area contributed by atoms with E-state index in [0.717, 1.165) is 36.7 Å². The molecule has 2 aromatic carbocycles. The molecule has 0 aliphatic carbocycles. The summed E-state index contributed by atoms with van der Waals surface area (Å²) in [4.78, 5) is 84.8. The average Bonchev–Trinajstić information content (AvgIpc) is 3.60. The Morgan fingerprint density at radius 2 is 1.58 bits per heavy atom. The van der Waals surface area contributed by atoms with E-state index < -0.39 is 83.6 Å². The van der Waals surface area contributed by atoms with Gasteiger partial charge < -0.3 is 35.6 Å². The van der Waals surface area contributed by atoms with Gasteiger partial charge in [0.25, 0.3) is 0 Å². The van der Waals surface area contributed by atoms with Gasteiger partial charge in [-0.3, -0.25) is 28.8 Å². The molecule has 1 aromatic heterocycles. The molecule has 16 heteroatoms. The minimum atomic E-state index is -1.32. The first-order valence-corrected chi connectivity index (χ1v) is 21.1. The van der Waals surface area contributed by atoms with Crippen LogP contribution in [0.5, 0.6) is 0 Å². The number of amides is 3. The second kappa shape index (κ2) is 23.8. The average molecular weight is 867 g/mol. The molecular formula is C46H64F2N6O8. The van der Waals surface area contributed by atoms with Crippen LogP contribution in [-0.2, 0) is 35.3 Å². The van der Waals surface area contributed by atoms with Gasteiger partial charge in [0.2, 0.25) is 17.7 Å². The van der Waals surface area contributed by atoms with E-state index in [1.165, 1.54) is 18.7 Å². The first kappa shape index (κ1) is 51.0. The second-order valence-corrected chi connectivity index (χ2v) is 17.3. The lowest BCUT2D eigenvalue weighted by molar-refractivity contribution is -0.146. The molecule has 0 aliphatic rings. The summed E-state index contributed by atoms with van der Waals surface area (Å²) in [6.07, 6.45) is 2.51. The summed E-state index contributed by atoms with van der Waals surface area (Å²) in [7, 11) is 1.82. The number of nitrogens with zero attached hydrogens (tertiary/aromatic N) is 3. The number of carbonyl (C=O) groups excluding carboxylic acids is 5. The largest absolute Gasteiger partial charge is 0.481 e. The van der Waals surface area contributed by atoms with Crippen LogP contribution in [0.2, 0.25) is 0 Å². The van der Waals surface area contributed by atoms with Gasteiger partial charge in [0.05, 0.1) is 29.7 Å². The van der Waals surface area contributed by atoms with Gasteiger partial charge in [-0.05, 0) is 81.3 Å². The Kier molecular flexibility index (Phi) is 19.5. The summed E-state index contributed by atoms with van der Waals surface area (Å²) < 4.78 is 31.2. The van der Waals surface area contributed by atoms with Crippen LogP contribution in [0.1, 0.15) is 104 Å². The molecule has 5 N–H and O–H groups in total. The maximum Gasteiger partial charge on any atom is 0.307 e. The third kappa shape index (κ3) is 14.9. The van der Waals surface area contributed by atoms with Crippen molar-refractivity contribution >= 4 is 35.3 Å². The number of carboxylic acids is 1. The van der Waals surface area contributed by atoms with Gasteiger partial charge in [-0.1, -0.05) is 65.0 Å². The number of unbranched alkanes of at least 4 members (excludes halogenated alkanes) is 1. The molecule has 3 rings (SSSR count). The number of aliphatic hydroxyl groups excluding tert-OH is 1. The van der Waals surface area contributed by atoms with E-state index in [4.69, 9.17) is 4.98 Å². The number of hydrogen-bond acceptors (Lipinski definition) is 9.